The lowest BCUT2D eigenvalue weighted by Crippen LogP contribution is -2.23. The number of anilines is 2. The van der Waals surface area contributed by atoms with Gasteiger partial charge >= 0.3 is 0 Å². The van der Waals surface area contributed by atoms with E-state index in [1.807, 2.05) is 47.5 Å². The van der Waals surface area contributed by atoms with E-state index < -0.39 is 5.97 Å². The quantitative estimate of drug-likeness (QED) is 0.524. The average molecular weight is 383 g/mol. The highest BCUT2D eigenvalue weighted by Gasteiger charge is 2.16. The predicted octanol–water partition coefficient (Wildman–Crippen LogP) is 3.11. The van der Waals surface area contributed by atoms with Crippen LogP contribution in [0.5, 0.6) is 0 Å². The topological polar surface area (TPSA) is 80.1 Å². The molecule has 0 aliphatic carbocycles. The molecule has 6 heteroatoms. The molecule has 6 nitrogen and oxygen atoms in total. The van der Waals surface area contributed by atoms with Gasteiger partial charge < -0.3 is 9.90 Å². The Labute approximate surface area is 168 Å². The molecule has 1 aliphatic rings. The van der Waals surface area contributed by atoms with Crippen LogP contribution in [0.15, 0.2) is 89.1 Å². The minimum atomic E-state index is -1.24. The fourth-order valence-corrected chi connectivity index (χ4v) is 3.14. The number of nitrogens with zero attached hydrogens (tertiary/aromatic N) is 3. The molecule has 0 amide bonds. The lowest BCUT2D eigenvalue weighted by Gasteiger charge is -2.13. The zero-order valence-corrected chi connectivity index (χ0v) is 15.7. The highest BCUT2D eigenvalue weighted by atomic mass is 16.4. The molecule has 1 heterocycles. The Morgan fingerprint density at radius 3 is 2.48 bits per heavy atom. The van der Waals surface area contributed by atoms with Crippen molar-refractivity contribution < 1.29 is 9.90 Å². The monoisotopic (exact) mass is 383 g/mol. The maximum absolute atomic E-state index is 11.1. The Morgan fingerprint density at radius 1 is 1.00 bits per heavy atom. The van der Waals surface area contributed by atoms with Crippen molar-refractivity contribution in [2.75, 3.05) is 17.0 Å². The average Bonchev–Trinajstić information content (AvgIpc) is 3.25. The summed E-state index contributed by atoms with van der Waals surface area (Å²) in [5.41, 5.74) is 7.36. The summed E-state index contributed by atoms with van der Waals surface area (Å²) in [5.74, 6) is -1.24. The second kappa shape index (κ2) is 8.39. The number of rotatable bonds is 6. The minimum Gasteiger partial charge on any atom is -0.545 e. The van der Waals surface area contributed by atoms with Gasteiger partial charge in [0.25, 0.3) is 0 Å². The molecule has 0 spiro atoms. The van der Waals surface area contributed by atoms with Gasteiger partial charge in [-0.25, -0.2) is 0 Å². The van der Waals surface area contributed by atoms with Gasteiger partial charge in [0.05, 0.1) is 29.3 Å². The van der Waals surface area contributed by atoms with Crippen LogP contribution in [0.1, 0.15) is 27.9 Å². The molecule has 0 saturated heterocycles. The maximum atomic E-state index is 11.1. The Morgan fingerprint density at radius 2 is 1.72 bits per heavy atom. The minimum absolute atomic E-state index is 0.0705. The number of hydrogen-bond acceptors (Lipinski definition) is 6. The Bertz CT molecular complexity index is 1060. The number of hydrazone groups is 2. The third-order valence-corrected chi connectivity index (χ3v) is 4.65. The maximum Gasteiger partial charge on any atom is 0.0736 e. The number of benzene rings is 3. The molecule has 29 heavy (non-hydrogen) atoms. The molecule has 1 N–H and O–H groups in total. The Hall–Kier alpha value is -3.93. The molecule has 0 saturated carbocycles. The molecule has 0 unspecified atom stereocenters. The van der Waals surface area contributed by atoms with E-state index in [1.165, 1.54) is 6.07 Å². The summed E-state index contributed by atoms with van der Waals surface area (Å²) in [6, 6.07) is 24.6. The first-order valence-corrected chi connectivity index (χ1v) is 9.31. The molecule has 0 aromatic heterocycles. The summed E-state index contributed by atoms with van der Waals surface area (Å²) in [6.45, 7) is 0.846. The lowest BCUT2D eigenvalue weighted by molar-refractivity contribution is -0.254. The highest BCUT2D eigenvalue weighted by molar-refractivity contribution is 6.02. The molecule has 0 atom stereocenters. The molecule has 0 radical (unpaired) electrons. The molecule has 3 aromatic carbocycles. The van der Waals surface area contributed by atoms with Gasteiger partial charge in [0.15, 0.2) is 0 Å². The van der Waals surface area contributed by atoms with Gasteiger partial charge in [-0.05, 0) is 29.3 Å². The fraction of sp³-hybridized carbons (Fsp3) is 0.0870. The van der Waals surface area contributed by atoms with E-state index in [-0.39, 0.29) is 5.56 Å². The van der Waals surface area contributed by atoms with Gasteiger partial charge in [0, 0.05) is 18.5 Å². The van der Waals surface area contributed by atoms with Crippen LogP contribution in [0.4, 0.5) is 11.4 Å². The van der Waals surface area contributed by atoms with Gasteiger partial charge in [-0.1, -0.05) is 60.7 Å². The summed E-state index contributed by atoms with van der Waals surface area (Å²) in [4.78, 5) is 11.1. The zero-order chi connectivity index (χ0) is 20.1. The molecular formula is C23H19N4O2-. The van der Waals surface area contributed by atoms with Gasteiger partial charge in [0.2, 0.25) is 0 Å². The van der Waals surface area contributed by atoms with Crippen LogP contribution in [0, 0.1) is 0 Å². The normalized spacial score (nSPS) is 13.5. The zero-order valence-electron chi connectivity index (χ0n) is 15.7. The van der Waals surface area contributed by atoms with Crippen molar-refractivity contribution in [2.24, 2.45) is 10.2 Å². The lowest BCUT2D eigenvalue weighted by atomic mass is 10.1. The van der Waals surface area contributed by atoms with E-state index in [1.54, 1.807) is 24.4 Å². The third-order valence-electron chi connectivity index (χ3n) is 4.65. The van der Waals surface area contributed by atoms with E-state index in [0.29, 0.717) is 5.69 Å². The van der Waals surface area contributed by atoms with Crippen LogP contribution in [-0.2, 0) is 0 Å². The van der Waals surface area contributed by atoms with Crippen molar-refractivity contribution in [1.82, 2.24) is 0 Å². The number of carbonyl (C=O) groups is 1. The summed E-state index contributed by atoms with van der Waals surface area (Å²) < 4.78 is 0. The summed E-state index contributed by atoms with van der Waals surface area (Å²) in [7, 11) is 0. The summed E-state index contributed by atoms with van der Waals surface area (Å²) in [6.07, 6.45) is 2.55. The molecule has 3 aromatic rings. The van der Waals surface area contributed by atoms with Gasteiger partial charge in [-0.15, -0.1) is 0 Å². The fourth-order valence-electron chi connectivity index (χ4n) is 3.14. The first kappa shape index (κ1) is 18.4. The van der Waals surface area contributed by atoms with Crippen LogP contribution in [-0.4, -0.2) is 24.4 Å². The number of hydrogen-bond donors (Lipinski definition) is 1. The molecular weight excluding hydrogens is 364 g/mol. The van der Waals surface area contributed by atoms with Crippen LogP contribution in [0.2, 0.25) is 0 Å². The van der Waals surface area contributed by atoms with Gasteiger partial charge in [-0.2, -0.15) is 10.2 Å². The highest BCUT2D eigenvalue weighted by Crippen LogP contribution is 2.22. The number of para-hydroxylation sites is 1. The SMILES string of the molecule is O=C([O-])c1ccccc1N/N=C\c1ccc(N2CCC(c3ccccc3)=N2)cc1. The third kappa shape index (κ3) is 4.32. The van der Waals surface area contributed by atoms with Crippen molar-refractivity contribution in [3.05, 3.63) is 95.6 Å². The van der Waals surface area contributed by atoms with E-state index in [4.69, 9.17) is 5.10 Å². The summed E-state index contributed by atoms with van der Waals surface area (Å²) >= 11 is 0. The number of carboxylic acids is 1. The molecule has 4 rings (SSSR count). The van der Waals surface area contributed by atoms with Crippen molar-refractivity contribution in [1.29, 1.82) is 0 Å². The Balaban J connectivity index is 1.42. The molecule has 1 aliphatic heterocycles. The number of carbonyl (C=O) groups excluding carboxylic acids is 1. The molecule has 0 bridgehead atoms. The predicted molar refractivity (Wildman–Crippen MR) is 113 cm³/mol. The van der Waals surface area contributed by atoms with Crippen molar-refractivity contribution in [3.63, 3.8) is 0 Å². The first-order valence-electron chi connectivity index (χ1n) is 9.31. The second-order valence-corrected chi connectivity index (χ2v) is 6.58. The van der Waals surface area contributed by atoms with Gasteiger partial charge in [-0.3, -0.25) is 10.4 Å². The van der Waals surface area contributed by atoms with Crippen LogP contribution in [0.25, 0.3) is 0 Å². The van der Waals surface area contributed by atoms with E-state index in [9.17, 15) is 9.90 Å². The number of aromatic carboxylic acids is 1. The largest absolute Gasteiger partial charge is 0.545 e. The van der Waals surface area contributed by atoms with E-state index in [0.717, 1.165) is 35.5 Å². The number of carboxylic acid groups (broad SMARTS) is 1. The second-order valence-electron chi connectivity index (χ2n) is 6.58. The van der Waals surface area contributed by atoms with E-state index in [2.05, 4.69) is 22.7 Å². The van der Waals surface area contributed by atoms with Crippen LogP contribution >= 0.6 is 0 Å². The standard InChI is InChI=1S/C23H20N4O2/c28-23(29)20-8-4-5-9-22(20)25-24-16-17-10-12-19(13-11-17)27-15-14-21(26-27)18-6-2-1-3-7-18/h1-13,16,25H,14-15H2,(H,28,29)/p-1/b24-16-. The smallest absolute Gasteiger partial charge is 0.0736 e. The van der Waals surface area contributed by atoms with Crippen LogP contribution < -0.4 is 15.5 Å². The van der Waals surface area contributed by atoms with Crippen LogP contribution in [0.3, 0.4) is 0 Å². The molecule has 144 valence electrons. The summed E-state index contributed by atoms with van der Waals surface area (Å²) in [5, 5.41) is 22.0. The number of nitrogens with one attached hydrogen (secondary N) is 1. The Kier molecular flexibility index (Phi) is 5.33. The molecule has 0 fully saturated rings. The van der Waals surface area contributed by atoms with Crippen molar-refractivity contribution in [3.8, 4) is 0 Å². The van der Waals surface area contributed by atoms with Crippen molar-refractivity contribution in [2.45, 2.75) is 6.42 Å². The van der Waals surface area contributed by atoms with Gasteiger partial charge in [0.1, 0.15) is 0 Å². The van der Waals surface area contributed by atoms with Crippen molar-refractivity contribution >= 4 is 29.3 Å². The first-order chi connectivity index (χ1) is 14.2. The van der Waals surface area contributed by atoms with E-state index >= 15 is 0 Å².